The van der Waals surface area contributed by atoms with Crippen molar-refractivity contribution >= 4 is 17.8 Å². The van der Waals surface area contributed by atoms with Crippen molar-refractivity contribution in [2.75, 3.05) is 33.4 Å². The first-order chi connectivity index (χ1) is 19.4. The molecule has 1 saturated heterocycles. The van der Waals surface area contributed by atoms with Crippen LogP contribution in [-0.4, -0.2) is 76.9 Å². The molecule has 0 radical (unpaired) electrons. The van der Waals surface area contributed by atoms with E-state index in [4.69, 9.17) is 9.47 Å². The maximum absolute atomic E-state index is 14.0. The van der Waals surface area contributed by atoms with Crippen molar-refractivity contribution < 1.29 is 23.9 Å². The molecule has 0 saturated carbocycles. The van der Waals surface area contributed by atoms with Gasteiger partial charge in [-0.25, -0.2) is 14.8 Å². The Balaban J connectivity index is 1.59. The Morgan fingerprint density at radius 1 is 0.975 bits per heavy atom. The molecule has 1 atom stereocenters. The number of methoxy groups -OCH3 is 1. The summed E-state index contributed by atoms with van der Waals surface area (Å²) < 4.78 is 10.5. The van der Waals surface area contributed by atoms with Gasteiger partial charge in [-0.1, -0.05) is 55.8 Å². The highest BCUT2D eigenvalue weighted by atomic mass is 16.5. The summed E-state index contributed by atoms with van der Waals surface area (Å²) >= 11 is 0. The van der Waals surface area contributed by atoms with Crippen LogP contribution in [0.25, 0.3) is 11.4 Å². The predicted octanol–water partition coefficient (Wildman–Crippen LogP) is 4.20. The summed E-state index contributed by atoms with van der Waals surface area (Å²) in [6.45, 7) is 6.85. The van der Waals surface area contributed by atoms with Crippen molar-refractivity contribution in [2.45, 2.75) is 46.1 Å². The van der Waals surface area contributed by atoms with Crippen LogP contribution in [-0.2, 0) is 22.4 Å². The van der Waals surface area contributed by atoms with E-state index < -0.39 is 5.97 Å². The lowest BCUT2D eigenvalue weighted by Crippen LogP contribution is -2.56. The van der Waals surface area contributed by atoms with Gasteiger partial charge < -0.3 is 19.3 Å². The number of benzene rings is 2. The molecule has 2 amide bonds. The molecule has 1 aromatic heterocycles. The lowest BCUT2D eigenvalue weighted by molar-refractivity contribution is -0.134. The van der Waals surface area contributed by atoms with Crippen LogP contribution >= 0.6 is 0 Å². The van der Waals surface area contributed by atoms with Crippen molar-refractivity contribution in [3.05, 3.63) is 77.1 Å². The van der Waals surface area contributed by atoms with Gasteiger partial charge in [0.2, 0.25) is 5.91 Å². The maximum atomic E-state index is 14.0. The summed E-state index contributed by atoms with van der Waals surface area (Å²) in [5.74, 6) is 0.155. The maximum Gasteiger partial charge on any atom is 0.342 e. The average Bonchev–Trinajstić information content (AvgIpc) is 2.97. The first-order valence-electron chi connectivity index (χ1n) is 13.7. The van der Waals surface area contributed by atoms with Crippen molar-refractivity contribution in [2.24, 2.45) is 0 Å². The fourth-order valence-electron chi connectivity index (χ4n) is 4.90. The predicted molar refractivity (Wildman–Crippen MR) is 151 cm³/mol. The molecule has 2 aromatic carbocycles. The number of hydrogen-bond acceptors (Lipinski definition) is 7. The molecule has 1 aliphatic rings. The van der Waals surface area contributed by atoms with Gasteiger partial charge in [0.25, 0.3) is 5.91 Å². The normalized spacial score (nSPS) is 15.1. The number of aryl methyl sites for hydroxylation is 1. The van der Waals surface area contributed by atoms with Crippen molar-refractivity contribution in [1.82, 2.24) is 19.8 Å². The zero-order chi connectivity index (χ0) is 28.6. The minimum absolute atomic E-state index is 0.00406. The fourth-order valence-corrected chi connectivity index (χ4v) is 4.90. The summed E-state index contributed by atoms with van der Waals surface area (Å²) in [5.41, 5.74) is 2.32. The second kappa shape index (κ2) is 13.2. The minimum atomic E-state index is -0.602. The third-order valence-electron chi connectivity index (χ3n) is 6.93. The highest BCUT2D eigenvalue weighted by molar-refractivity contribution is 6.05. The molecule has 0 N–H and O–H groups in total. The monoisotopic (exact) mass is 544 g/mol. The Labute approximate surface area is 235 Å². The van der Waals surface area contributed by atoms with Gasteiger partial charge in [-0.3, -0.25) is 9.59 Å². The summed E-state index contributed by atoms with van der Waals surface area (Å²) in [5, 5.41) is 0. The van der Waals surface area contributed by atoms with Gasteiger partial charge in [-0.2, -0.15) is 0 Å². The topological polar surface area (TPSA) is 102 Å². The SMILES string of the molecule is CCCc1nc(-c2ccccc2)nc(C(=O)N2CCN(C(=O)Cc3ccc(OC)cc3)C(C)C2)c1C(=O)OCC. The standard InChI is InChI=1S/C31H36N4O5/c1-5-10-25-27(31(38)40-6-2)28(33-29(32-25)23-11-8-7-9-12-23)30(37)34-17-18-35(21(3)20-34)26(36)19-22-13-15-24(39-4)16-14-22/h7-9,11-16,21H,5-6,10,17-20H2,1-4H3. The third-order valence-corrected chi connectivity index (χ3v) is 6.93. The number of esters is 1. The van der Waals surface area contributed by atoms with Crippen LogP contribution in [0.5, 0.6) is 5.75 Å². The average molecular weight is 545 g/mol. The quantitative estimate of drug-likeness (QED) is 0.372. The molecule has 0 bridgehead atoms. The molecule has 9 heteroatoms. The first-order valence-corrected chi connectivity index (χ1v) is 13.7. The van der Waals surface area contributed by atoms with E-state index in [1.807, 2.05) is 68.4 Å². The molecule has 0 spiro atoms. The molecule has 210 valence electrons. The van der Waals surface area contributed by atoms with Gasteiger partial charge >= 0.3 is 5.97 Å². The Kier molecular flexibility index (Phi) is 9.47. The van der Waals surface area contributed by atoms with E-state index in [0.717, 1.165) is 23.3 Å². The highest BCUT2D eigenvalue weighted by Gasteiger charge is 2.34. The minimum Gasteiger partial charge on any atom is -0.497 e. The molecular weight excluding hydrogens is 508 g/mol. The van der Waals surface area contributed by atoms with Crippen molar-refractivity contribution in [1.29, 1.82) is 0 Å². The third kappa shape index (κ3) is 6.47. The zero-order valence-electron chi connectivity index (χ0n) is 23.6. The van der Waals surface area contributed by atoms with Crippen LogP contribution in [0.1, 0.15) is 59.3 Å². The molecule has 9 nitrogen and oxygen atoms in total. The number of piperazine rings is 1. The Hall–Kier alpha value is -4.27. The summed E-state index contributed by atoms with van der Waals surface area (Å²) in [6.07, 6.45) is 1.50. The van der Waals surface area contributed by atoms with Crippen LogP contribution in [0.15, 0.2) is 54.6 Å². The van der Waals surface area contributed by atoms with Gasteiger partial charge in [0.15, 0.2) is 5.82 Å². The number of nitrogens with zero attached hydrogens (tertiary/aromatic N) is 4. The summed E-state index contributed by atoms with van der Waals surface area (Å²) in [6, 6.07) is 16.6. The summed E-state index contributed by atoms with van der Waals surface area (Å²) in [7, 11) is 1.60. The molecule has 1 aliphatic heterocycles. The molecule has 2 heterocycles. The lowest BCUT2D eigenvalue weighted by atomic mass is 10.0. The first kappa shape index (κ1) is 28.7. The number of hydrogen-bond donors (Lipinski definition) is 0. The van der Waals surface area contributed by atoms with Crippen LogP contribution in [0, 0.1) is 0 Å². The Morgan fingerprint density at radius 3 is 2.33 bits per heavy atom. The zero-order valence-corrected chi connectivity index (χ0v) is 23.6. The second-order valence-electron chi connectivity index (χ2n) is 9.77. The van der Waals surface area contributed by atoms with Gasteiger partial charge in [0, 0.05) is 31.2 Å². The van der Waals surface area contributed by atoms with Gasteiger partial charge in [0.05, 0.1) is 25.8 Å². The smallest absolute Gasteiger partial charge is 0.342 e. The van der Waals surface area contributed by atoms with Gasteiger partial charge in [-0.05, 0) is 38.0 Å². The number of rotatable bonds is 9. The molecule has 1 fully saturated rings. The fraction of sp³-hybridized carbons (Fsp3) is 0.387. The van der Waals surface area contributed by atoms with Crippen LogP contribution in [0.3, 0.4) is 0 Å². The Morgan fingerprint density at radius 2 is 1.70 bits per heavy atom. The number of carbonyl (C=O) groups is 3. The molecule has 0 aliphatic carbocycles. The van der Waals surface area contributed by atoms with Gasteiger partial charge in [-0.15, -0.1) is 0 Å². The number of ether oxygens (including phenoxy) is 2. The number of amides is 2. The van der Waals surface area contributed by atoms with Crippen molar-refractivity contribution in [3.63, 3.8) is 0 Å². The Bertz CT molecular complexity index is 1340. The largest absolute Gasteiger partial charge is 0.497 e. The van der Waals surface area contributed by atoms with Crippen molar-refractivity contribution in [3.8, 4) is 17.1 Å². The van der Waals surface area contributed by atoms with E-state index in [1.165, 1.54) is 0 Å². The number of aromatic nitrogens is 2. The summed E-state index contributed by atoms with van der Waals surface area (Å²) in [4.78, 5) is 52.9. The second-order valence-corrected chi connectivity index (χ2v) is 9.77. The lowest BCUT2D eigenvalue weighted by Gasteiger charge is -2.40. The molecule has 3 aromatic rings. The number of carbonyl (C=O) groups excluding carboxylic acids is 3. The molecule has 4 rings (SSSR count). The van der Waals surface area contributed by atoms with E-state index in [-0.39, 0.29) is 42.1 Å². The van der Waals surface area contributed by atoms with E-state index in [2.05, 4.69) is 9.97 Å². The molecule has 1 unspecified atom stereocenters. The van der Waals surface area contributed by atoms with E-state index >= 15 is 0 Å². The highest BCUT2D eigenvalue weighted by Crippen LogP contribution is 2.24. The van der Waals surface area contributed by atoms with Crippen LogP contribution in [0.2, 0.25) is 0 Å². The van der Waals surface area contributed by atoms with Gasteiger partial charge in [0.1, 0.15) is 17.0 Å². The van der Waals surface area contributed by atoms with E-state index in [0.29, 0.717) is 37.6 Å². The van der Waals surface area contributed by atoms with E-state index in [9.17, 15) is 14.4 Å². The van der Waals surface area contributed by atoms with Crippen LogP contribution < -0.4 is 4.74 Å². The van der Waals surface area contributed by atoms with Crippen LogP contribution in [0.4, 0.5) is 0 Å². The molecular formula is C31H36N4O5. The molecule has 40 heavy (non-hydrogen) atoms. The van der Waals surface area contributed by atoms with E-state index in [1.54, 1.807) is 23.8 Å².